The van der Waals surface area contributed by atoms with Gasteiger partial charge in [-0.3, -0.25) is 0 Å². The number of anilines is 3. The SMILES string of the molecule is CNc1nc(C)cc(Nc2ccc(Br)c3ccccc23)n1. The Morgan fingerprint density at radius 3 is 2.52 bits per heavy atom. The number of hydrogen-bond donors (Lipinski definition) is 2. The third kappa shape index (κ3) is 2.83. The van der Waals surface area contributed by atoms with Gasteiger partial charge in [-0.1, -0.05) is 40.2 Å². The van der Waals surface area contributed by atoms with Crippen LogP contribution in [0.5, 0.6) is 0 Å². The Hall–Kier alpha value is -2.14. The number of nitrogens with one attached hydrogen (secondary N) is 2. The molecule has 0 unspecified atom stereocenters. The van der Waals surface area contributed by atoms with Crippen molar-refractivity contribution in [1.29, 1.82) is 0 Å². The highest BCUT2D eigenvalue weighted by molar-refractivity contribution is 9.10. The van der Waals surface area contributed by atoms with E-state index in [-0.39, 0.29) is 0 Å². The largest absolute Gasteiger partial charge is 0.357 e. The van der Waals surface area contributed by atoms with Crippen LogP contribution in [0.3, 0.4) is 0 Å². The zero-order valence-corrected chi connectivity index (χ0v) is 13.4. The number of aromatic nitrogens is 2. The molecule has 0 aliphatic rings. The van der Waals surface area contributed by atoms with E-state index in [1.165, 1.54) is 5.39 Å². The smallest absolute Gasteiger partial charge is 0.224 e. The molecule has 106 valence electrons. The molecule has 21 heavy (non-hydrogen) atoms. The first-order chi connectivity index (χ1) is 10.2. The molecule has 1 heterocycles. The maximum Gasteiger partial charge on any atom is 0.224 e. The molecule has 5 heteroatoms. The summed E-state index contributed by atoms with van der Waals surface area (Å²) in [5.74, 6) is 1.39. The quantitative estimate of drug-likeness (QED) is 0.736. The van der Waals surface area contributed by atoms with E-state index in [0.717, 1.165) is 27.1 Å². The molecular formula is C16H15BrN4. The fraction of sp³-hybridized carbons (Fsp3) is 0.125. The van der Waals surface area contributed by atoms with Crippen LogP contribution in [0.25, 0.3) is 10.8 Å². The van der Waals surface area contributed by atoms with Crippen molar-refractivity contribution in [2.75, 3.05) is 17.7 Å². The first-order valence-corrected chi connectivity index (χ1v) is 7.44. The van der Waals surface area contributed by atoms with E-state index in [4.69, 9.17) is 0 Å². The number of fused-ring (bicyclic) bond motifs is 1. The number of halogens is 1. The van der Waals surface area contributed by atoms with Crippen molar-refractivity contribution in [3.05, 3.63) is 52.6 Å². The van der Waals surface area contributed by atoms with Gasteiger partial charge in [0, 0.05) is 34.4 Å². The third-order valence-electron chi connectivity index (χ3n) is 3.21. The van der Waals surface area contributed by atoms with E-state index in [9.17, 15) is 0 Å². The highest BCUT2D eigenvalue weighted by Crippen LogP contribution is 2.31. The maximum atomic E-state index is 4.43. The van der Waals surface area contributed by atoms with Crippen LogP contribution in [0.15, 0.2) is 46.9 Å². The second kappa shape index (κ2) is 5.69. The second-order valence-electron chi connectivity index (χ2n) is 4.73. The Kier molecular flexibility index (Phi) is 3.75. The maximum absolute atomic E-state index is 4.43. The lowest BCUT2D eigenvalue weighted by Gasteiger charge is -2.11. The molecule has 0 atom stereocenters. The molecular weight excluding hydrogens is 328 g/mol. The van der Waals surface area contributed by atoms with E-state index < -0.39 is 0 Å². The molecule has 0 saturated carbocycles. The van der Waals surface area contributed by atoms with E-state index >= 15 is 0 Å². The molecule has 1 aromatic heterocycles. The van der Waals surface area contributed by atoms with Crippen molar-refractivity contribution in [1.82, 2.24) is 9.97 Å². The summed E-state index contributed by atoms with van der Waals surface area (Å²) in [6.07, 6.45) is 0. The summed E-state index contributed by atoms with van der Waals surface area (Å²) >= 11 is 3.59. The molecule has 3 rings (SSSR count). The Morgan fingerprint density at radius 2 is 1.76 bits per heavy atom. The summed E-state index contributed by atoms with van der Waals surface area (Å²) in [6, 6.07) is 14.3. The third-order valence-corrected chi connectivity index (χ3v) is 3.90. The monoisotopic (exact) mass is 342 g/mol. The van der Waals surface area contributed by atoms with Gasteiger partial charge in [-0.2, -0.15) is 4.98 Å². The van der Waals surface area contributed by atoms with Gasteiger partial charge in [0.1, 0.15) is 5.82 Å². The first-order valence-electron chi connectivity index (χ1n) is 6.65. The van der Waals surface area contributed by atoms with Crippen LogP contribution >= 0.6 is 15.9 Å². The van der Waals surface area contributed by atoms with E-state index in [0.29, 0.717) is 5.95 Å². The summed E-state index contributed by atoms with van der Waals surface area (Å²) in [7, 11) is 1.81. The zero-order valence-electron chi connectivity index (χ0n) is 11.8. The number of rotatable bonds is 3. The average Bonchev–Trinajstić information content (AvgIpc) is 2.50. The van der Waals surface area contributed by atoms with Gasteiger partial charge in [0.15, 0.2) is 0 Å². The molecule has 0 bridgehead atoms. The predicted molar refractivity (Wildman–Crippen MR) is 91.2 cm³/mol. The Morgan fingerprint density at radius 1 is 1.00 bits per heavy atom. The lowest BCUT2D eigenvalue weighted by molar-refractivity contribution is 1.10. The molecule has 2 N–H and O–H groups in total. The van der Waals surface area contributed by atoms with E-state index in [2.05, 4.69) is 48.7 Å². The highest BCUT2D eigenvalue weighted by atomic mass is 79.9. The Bertz CT molecular complexity index is 801. The van der Waals surface area contributed by atoms with Crippen molar-refractivity contribution in [2.24, 2.45) is 0 Å². The average molecular weight is 343 g/mol. The normalized spacial score (nSPS) is 10.6. The molecule has 0 amide bonds. The summed E-state index contributed by atoms with van der Waals surface area (Å²) in [4.78, 5) is 8.73. The highest BCUT2D eigenvalue weighted by Gasteiger charge is 2.06. The summed E-state index contributed by atoms with van der Waals surface area (Å²) in [6.45, 7) is 1.95. The fourth-order valence-electron chi connectivity index (χ4n) is 2.25. The molecule has 3 aromatic rings. The van der Waals surface area contributed by atoms with Crippen LogP contribution in [0, 0.1) is 6.92 Å². The van der Waals surface area contributed by atoms with Gasteiger partial charge in [0.25, 0.3) is 0 Å². The van der Waals surface area contributed by atoms with Crippen LogP contribution in [0.4, 0.5) is 17.5 Å². The second-order valence-corrected chi connectivity index (χ2v) is 5.59. The molecule has 0 radical (unpaired) electrons. The van der Waals surface area contributed by atoms with Gasteiger partial charge in [-0.25, -0.2) is 4.98 Å². The zero-order chi connectivity index (χ0) is 14.8. The minimum absolute atomic E-state index is 0.610. The molecule has 0 fully saturated rings. The van der Waals surface area contributed by atoms with Crippen LogP contribution in [-0.4, -0.2) is 17.0 Å². The van der Waals surface area contributed by atoms with Crippen molar-refractivity contribution in [2.45, 2.75) is 6.92 Å². The minimum Gasteiger partial charge on any atom is -0.357 e. The summed E-state index contributed by atoms with van der Waals surface area (Å²) in [5.41, 5.74) is 1.94. The van der Waals surface area contributed by atoms with Gasteiger partial charge in [0.05, 0.1) is 0 Å². The molecule has 0 aliphatic carbocycles. The van der Waals surface area contributed by atoms with Gasteiger partial charge in [-0.05, 0) is 24.4 Å². The van der Waals surface area contributed by atoms with Gasteiger partial charge < -0.3 is 10.6 Å². The molecule has 4 nitrogen and oxygen atoms in total. The lowest BCUT2D eigenvalue weighted by atomic mass is 10.1. The van der Waals surface area contributed by atoms with Crippen molar-refractivity contribution >= 4 is 44.2 Å². The van der Waals surface area contributed by atoms with Crippen molar-refractivity contribution < 1.29 is 0 Å². The van der Waals surface area contributed by atoms with Crippen molar-refractivity contribution in [3.63, 3.8) is 0 Å². The number of aryl methyl sites for hydroxylation is 1. The number of nitrogens with zero attached hydrogens (tertiary/aromatic N) is 2. The molecule has 0 aliphatic heterocycles. The predicted octanol–water partition coefficient (Wildman–Crippen LogP) is 4.49. The fourth-order valence-corrected chi connectivity index (χ4v) is 2.73. The van der Waals surface area contributed by atoms with E-state index in [1.807, 2.05) is 44.3 Å². The minimum atomic E-state index is 0.610. The first kappa shape index (κ1) is 13.8. The summed E-state index contributed by atoms with van der Waals surface area (Å²) in [5, 5.41) is 8.66. The van der Waals surface area contributed by atoms with Crippen molar-refractivity contribution in [3.8, 4) is 0 Å². The van der Waals surface area contributed by atoms with Gasteiger partial charge >= 0.3 is 0 Å². The Labute approximate surface area is 131 Å². The lowest BCUT2D eigenvalue weighted by Crippen LogP contribution is -2.02. The molecule has 2 aromatic carbocycles. The number of hydrogen-bond acceptors (Lipinski definition) is 4. The van der Waals surface area contributed by atoms with Crippen LogP contribution < -0.4 is 10.6 Å². The van der Waals surface area contributed by atoms with Crippen LogP contribution in [0.1, 0.15) is 5.69 Å². The van der Waals surface area contributed by atoms with Gasteiger partial charge in [-0.15, -0.1) is 0 Å². The van der Waals surface area contributed by atoms with Crippen LogP contribution in [-0.2, 0) is 0 Å². The van der Waals surface area contributed by atoms with Gasteiger partial charge in [0.2, 0.25) is 5.95 Å². The standard InChI is InChI=1S/C16H15BrN4/c1-10-9-15(21-16(18-2)19-10)20-14-8-7-13(17)11-5-3-4-6-12(11)14/h3-9H,1-2H3,(H2,18,19,20,21). The van der Waals surface area contributed by atoms with E-state index in [1.54, 1.807) is 0 Å². The molecule has 0 spiro atoms. The summed E-state index contributed by atoms with van der Waals surface area (Å²) < 4.78 is 1.08. The molecule has 0 saturated heterocycles. The number of benzene rings is 2. The topological polar surface area (TPSA) is 49.8 Å². The Balaban J connectivity index is 2.06. The van der Waals surface area contributed by atoms with Crippen LogP contribution in [0.2, 0.25) is 0 Å².